The zero-order chi connectivity index (χ0) is 18.2. The van der Waals surface area contributed by atoms with Crippen molar-refractivity contribution in [3.05, 3.63) is 90.5 Å². The number of hydrogen-bond donors (Lipinski definition) is 1. The van der Waals surface area contributed by atoms with E-state index >= 15 is 0 Å². The monoisotopic (exact) mass is 347 g/mol. The molecule has 2 atom stereocenters. The first kappa shape index (κ1) is 18.0. The van der Waals surface area contributed by atoms with Gasteiger partial charge in [0.2, 0.25) is 0 Å². The van der Waals surface area contributed by atoms with Gasteiger partial charge in [-0.1, -0.05) is 72.8 Å². The number of ether oxygens (including phenoxy) is 1. The Morgan fingerprint density at radius 2 is 1.69 bits per heavy atom. The minimum Gasteiger partial charge on any atom is -0.467 e. The number of allylic oxidation sites excluding steroid dienone is 3. The molecule has 1 aliphatic carbocycles. The number of esters is 1. The fraction of sp³-hybridized carbons (Fsp3) is 0.261. The summed E-state index contributed by atoms with van der Waals surface area (Å²) in [6, 6.07) is 19.7. The summed E-state index contributed by atoms with van der Waals surface area (Å²) in [5.41, 5.74) is 0.835. The predicted molar refractivity (Wildman–Crippen MR) is 106 cm³/mol. The van der Waals surface area contributed by atoms with Crippen LogP contribution in [0.2, 0.25) is 0 Å². The van der Waals surface area contributed by atoms with E-state index in [9.17, 15) is 4.79 Å². The van der Waals surface area contributed by atoms with Gasteiger partial charge in [-0.25, -0.2) is 4.79 Å². The van der Waals surface area contributed by atoms with E-state index in [0.717, 1.165) is 30.5 Å². The fourth-order valence-electron chi connectivity index (χ4n) is 3.58. The molecular formula is C23H25NO2. The van der Waals surface area contributed by atoms with E-state index in [1.807, 2.05) is 60.7 Å². The van der Waals surface area contributed by atoms with Crippen LogP contribution >= 0.6 is 0 Å². The molecule has 3 rings (SSSR count). The highest BCUT2D eigenvalue weighted by atomic mass is 16.5. The Morgan fingerprint density at radius 1 is 1.00 bits per heavy atom. The van der Waals surface area contributed by atoms with Crippen molar-refractivity contribution >= 4 is 11.7 Å². The third-order valence-electron chi connectivity index (χ3n) is 4.86. The van der Waals surface area contributed by atoms with Crippen LogP contribution in [0.4, 0.5) is 5.69 Å². The molecule has 0 bridgehead atoms. The van der Waals surface area contributed by atoms with Crippen LogP contribution < -0.4 is 5.32 Å². The van der Waals surface area contributed by atoms with Crippen molar-refractivity contribution in [2.75, 3.05) is 12.4 Å². The average Bonchev–Trinajstić information content (AvgIpc) is 2.67. The molecule has 3 heteroatoms. The van der Waals surface area contributed by atoms with E-state index in [2.05, 4.69) is 29.6 Å². The highest BCUT2D eigenvalue weighted by molar-refractivity contribution is 5.87. The summed E-state index contributed by atoms with van der Waals surface area (Å²) in [7, 11) is 1.46. The molecule has 1 aliphatic rings. The smallest absolute Gasteiger partial charge is 0.336 e. The molecule has 1 N–H and O–H groups in total. The Hall–Kier alpha value is -2.81. The van der Waals surface area contributed by atoms with Crippen molar-refractivity contribution in [1.29, 1.82) is 0 Å². The molecule has 0 heterocycles. The molecule has 0 spiro atoms. The average molecular weight is 347 g/mol. The second-order valence-electron chi connectivity index (χ2n) is 6.48. The standard InChI is InChI=1S/C23H25NO2/c1-26-22(25)23(20-15-9-5-10-16-20,24-21-17-11-6-12-18-21)19-13-7-3-2-4-8-14-19/h2-3,5-6,8-12,14-19,24H,4,7,13H2,1H3/b3-2-,14-8-/t19-,23-/m0/s1. The normalized spacial score (nSPS) is 21.5. The van der Waals surface area contributed by atoms with Gasteiger partial charge in [0.1, 0.15) is 0 Å². The molecule has 0 amide bonds. The number of carbonyl (C=O) groups is 1. The van der Waals surface area contributed by atoms with E-state index < -0.39 is 5.54 Å². The van der Waals surface area contributed by atoms with Crippen LogP contribution in [0.1, 0.15) is 24.8 Å². The van der Waals surface area contributed by atoms with E-state index in [-0.39, 0.29) is 11.9 Å². The highest BCUT2D eigenvalue weighted by Crippen LogP contribution is 2.39. The third kappa shape index (κ3) is 3.72. The predicted octanol–water partition coefficient (Wildman–Crippen LogP) is 5.08. The number of anilines is 1. The molecule has 0 saturated heterocycles. The van der Waals surface area contributed by atoms with Gasteiger partial charge in [0.25, 0.3) is 0 Å². The molecule has 0 saturated carbocycles. The maximum Gasteiger partial charge on any atom is 0.336 e. The molecule has 134 valence electrons. The Labute approximate surface area is 155 Å². The topological polar surface area (TPSA) is 38.3 Å². The Bertz CT molecular complexity index is 767. The minimum absolute atomic E-state index is 0.0255. The first-order chi connectivity index (χ1) is 12.8. The molecule has 26 heavy (non-hydrogen) atoms. The van der Waals surface area contributed by atoms with Gasteiger partial charge in [-0.2, -0.15) is 0 Å². The second kappa shape index (κ2) is 8.52. The fourth-order valence-corrected chi connectivity index (χ4v) is 3.58. The lowest BCUT2D eigenvalue weighted by molar-refractivity contribution is -0.148. The Kier molecular flexibility index (Phi) is 5.90. The third-order valence-corrected chi connectivity index (χ3v) is 4.86. The van der Waals surface area contributed by atoms with Crippen LogP contribution in [0.5, 0.6) is 0 Å². The lowest BCUT2D eigenvalue weighted by Crippen LogP contribution is -2.50. The maximum absolute atomic E-state index is 13.2. The van der Waals surface area contributed by atoms with E-state index in [4.69, 9.17) is 4.74 Å². The molecular weight excluding hydrogens is 322 g/mol. The van der Waals surface area contributed by atoms with E-state index in [1.54, 1.807) is 0 Å². The Morgan fingerprint density at radius 3 is 2.38 bits per heavy atom. The first-order valence-electron chi connectivity index (χ1n) is 9.06. The summed E-state index contributed by atoms with van der Waals surface area (Å²) in [4.78, 5) is 13.2. The molecule has 0 aliphatic heterocycles. The number of rotatable bonds is 5. The molecule has 0 unspecified atom stereocenters. The highest BCUT2D eigenvalue weighted by Gasteiger charge is 2.47. The van der Waals surface area contributed by atoms with Gasteiger partial charge in [0.15, 0.2) is 5.54 Å². The summed E-state index contributed by atoms with van der Waals surface area (Å²) in [5.74, 6) is -0.297. The number of hydrogen-bond acceptors (Lipinski definition) is 3. The largest absolute Gasteiger partial charge is 0.467 e. The van der Waals surface area contributed by atoms with Crippen LogP contribution in [0.25, 0.3) is 0 Å². The van der Waals surface area contributed by atoms with Crippen LogP contribution in [-0.2, 0) is 15.1 Å². The number of benzene rings is 2. The lowest BCUT2D eigenvalue weighted by atomic mass is 9.74. The van der Waals surface area contributed by atoms with Crippen molar-refractivity contribution in [2.45, 2.75) is 24.8 Å². The molecule has 2 aromatic rings. The van der Waals surface area contributed by atoms with Crippen molar-refractivity contribution < 1.29 is 9.53 Å². The van der Waals surface area contributed by atoms with Crippen LogP contribution in [0.3, 0.4) is 0 Å². The zero-order valence-corrected chi connectivity index (χ0v) is 15.1. The quantitative estimate of drug-likeness (QED) is 0.605. The second-order valence-corrected chi connectivity index (χ2v) is 6.48. The summed E-state index contributed by atoms with van der Waals surface area (Å²) in [5, 5.41) is 3.53. The lowest BCUT2D eigenvalue weighted by Gasteiger charge is -2.39. The van der Waals surface area contributed by atoms with Crippen LogP contribution in [0.15, 0.2) is 85.0 Å². The number of nitrogens with one attached hydrogen (secondary N) is 1. The van der Waals surface area contributed by atoms with Gasteiger partial charge >= 0.3 is 5.97 Å². The SMILES string of the molecule is COC(=O)[C@@](Nc1ccccc1)(c1ccccc1)[C@@H]1/C=C\C/C=C\CC1. The van der Waals surface area contributed by atoms with E-state index in [0.29, 0.717) is 0 Å². The maximum atomic E-state index is 13.2. The zero-order valence-electron chi connectivity index (χ0n) is 15.1. The van der Waals surface area contributed by atoms with Crippen molar-refractivity contribution in [3.8, 4) is 0 Å². The molecule has 0 fully saturated rings. The van der Waals surface area contributed by atoms with Gasteiger partial charge in [-0.3, -0.25) is 0 Å². The number of methoxy groups -OCH3 is 1. The van der Waals surface area contributed by atoms with Gasteiger partial charge < -0.3 is 10.1 Å². The van der Waals surface area contributed by atoms with Gasteiger partial charge in [-0.05, 0) is 37.0 Å². The van der Waals surface area contributed by atoms with E-state index in [1.165, 1.54) is 7.11 Å². The van der Waals surface area contributed by atoms with Gasteiger partial charge in [0.05, 0.1) is 7.11 Å². The molecule has 0 radical (unpaired) electrons. The minimum atomic E-state index is -0.973. The number of para-hydroxylation sites is 1. The Balaban J connectivity index is 2.14. The summed E-state index contributed by atoms with van der Waals surface area (Å²) >= 11 is 0. The van der Waals surface area contributed by atoms with Gasteiger partial charge in [0, 0.05) is 11.6 Å². The summed E-state index contributed by atoms with van der Waals surface area (Å²) in [6.07, 6.45) is 11.3. The number of carbonyl (C=O) groups excluding carboxylic acids is 1. The van der Waals surface area contributed by atoms with Gasteiger partial charge in [-0.15, -0.1) is 0 Å². The van der Waals surface area contributed by atoms with Crippen LogP contribution in [-0.4, -0.2) is 13.1 Å². The molecule has 2 aromatic carbocycles. The summed E-state index contributed by atoms with van der Waals surface area (Å²) < 4.78 is 5.31. The van der Waals surface area contributed by atoms with Crippen molar-refractivity contribution in [1.82, 2.24) is 0 Å². The molecule has 0 aromatic heterocycles. The first-order valence-corrected chi connectivity index (χ1v) is 9.06. The van der Waals surface area contributed by atoms with Crippen molar-refractivity contribution in [2.24, 2.45) is 5.92 Å². The molecule has 3 nitrogen and oxygen atoms in total. The van der Waals surface area contributed by atoms with Crippen LogP contribution in [0, 0.1) is 5.92 Å². The summed E-state index contributed by atoms with van der Waals surface area (Å²) in [6.45, 7) is 0. The van der Waals surface area contributed by atoms with Crippen molar-refractivity contribution in [3.63, 3.8) is 0 Å².